The van der Waals surface area contributed by atoms with Gasteiger partial charge >= 0.3 is 0 Å². The Hall–Kier alpha value is -6.12. The molecule has 226 valence electrons. The van der Waals surface area contributed by atoms with E-state index in [1.54, 1.807) is 0 Å². The minimum absolute atomic E-state index is 0.972. The van der Waals surface area contributed by atoms with E-state index in [-0.39, 0.29) is 0 Å². The highest BCUT2D eigenvalue weighted by molar-refractivity contribution is 6.04. The molecule has 7 aromatic rings. The molecule has 0 saturated carbocycles. The summed E-state index contributed by atoms with van der Waals surface area (Å²) in [4.78, 5) is 2.29. The molecule has 0 atom stereocenters. The first-order valence-electron chi connectivity index (χ1n) is 16.0. The van der Waals surface area contributed by atoms with Crippen LogP contribution < -0.4 is 10.2 Å². The number of aryl methyl sites for hydroxylation is 1. The average Bonchev–Trinajstić information content (AvgIpc) is 3.13. The quantitative estimate of drug-likeness (QED) is 0.165. The van der Waals surface area contributed by atoms with Crippen LogP contribution in [0.5, 0.6) is 0 Å². The van der Waals surface area contributed by atoms with Gasteiger partial charge in [-0.1, -0.05) is 134 Å². The van der Waals surface area contributed by atoms with Gasteiger partial charge in [0.2, 0.25) is 0 Å². The van der Waals surface area contributed by atoms with E-state index in [4.69, 9.17) is 0 Å². The van der Waals surface area contributed by atoms with Crippen LogP contribution in [0.3, 0.4) is 0 Å². The van der Waals surface area contributed by atoms with E-state index in [0.717, 1.165) is 45.0 Å². The van der Waals surface area contributed by atoms with Crippen molar-refractivity contribution < 1.29 is 0 Å². The highest BCUT2D eigenvalue weighted by Crippen LogP contribution is 2.37. The van der Waals surface area contributed by atoms with Gasteiger partial charge in [-0.3, -0.25) is 0 Å². The molecule has 0 bridgehead atoms. The maximum Gasteiger partial charge on any atom is 0.0470 e. The summed E-state index contributed by atoms with van der Waals surface area (Å²) in [5.74, 6) is 0. The Kier molecular flexibility index (Phi) is 8.48. The molecule has 7 rings (SSSR count). The highest BCUT2D eigenvalue weighted by atomic mass is 15.1. The van der Waals surface area contributed by atoms with Crippen molar-refractivity contribution in [3.8, 4) is 11.1 Å². The number of fused-ring (bicyclic) bond motifs is 1. The van der Waals surface area contributed by atoms with Gasteiger partial charge in [0.15, 0.2) is 0 Å². The number of hydrogen-bond acceptors (Lipinski definition) is 2. The van der Waals surface area contributed by atoms with Crippen LogP contribution in [0.2, 0.25) is 0 Å². The number of benzene rings is 7. The number of hydrogen-bond donors (Lipinski definition) is 1. The van der Waals surface area contributed by atoms with E-state index in [2.05, 4.69) is 206 Å². The molecule has 0 heterocycles. The van der Waals surface area contributed by atoms with Crippen LogP contribution in [0.15, 0.2) is 183 Å². The Balaban J connectivity index is 1.19. The molecular formula is C45H36N2. The molecule has 0 unspecified atom stereocenters. The van der Waals surface area contributed by atoms with Crippen LogP contribution in [0.25, 0.3) is 33.5 Å². The second kappa shape index (κ2) is 13.5. The number of allylic oxidation sites excluding steroid dienone is 2. The number of rotatable bonds is 9. The van der Waals surface area contributed by atoms with E-state index in [0.29, 0.717) is 0 Å². The van der Waals surface area contributed by atoms with Crippen molar-refractivity contribution in [1.82, 2.24) is 0 Å². The van der Waals surface area contributed by atoms with E-state index < -0.39 is 0 Å². The predicted octanol–water partition coefficient (Wildman–Crippen LogP) is 12.8. The molecule has 1 N–H and O–H groups in total. The first kappa shape index (κ1) is 29.6. The number of nitrogens with one attached hydrogen (secondary N) is 1. The largest absolute Gasteiger partial charge is 0.355 e. The average molecular weight is 605 g/mol. The number of nitrogens with zero attached hydrogens (tertiary/aromatic N) is 1. The summed E-state index contributed by atoms with van der Waals surface area (Å²) in [5, 5.41) is 6.04. The summed E-state index contributed by atoms with van der Waals surface area (Å²) >= 11 is 0. The number of anilines is 5. The molecule has 0 aliphatic rings. The van der Waals surface area contributed by atoms with Crippen LogP contribution in [0.1, 0.15) is 16.7 Å². The lowest BCUT2D eigenvalue weighted by atomic mass is 9.96. The van der Waals surface area contributed by atoms with Gasteiger partial charge in [0.1, 0.15) is 0 Å². The molecule has 2 heteroatoms. The van der Waals surface area contributed by atoms with Crippen LogP contribution in [0, 0.1) is 6.92 Å². The fraction of sp³-hybridized carbons (Fsp3) is 0.0222. The lowest BCUT2D eigenvalue weighted by Gasteiger charge is -2.26. The third-order valence-electron chi connectivity index (χ3n) is 8.55. The monoisotopic (exact) mass is 604 g/mol. The molecule has 7 aromatic carbocycles. The van der Waals surface area contributed by atoms with Crippen LogP contribution in [-0.2, 0) is 0 Å². The summed E-state index contributed by atoms with van der Waals surface area (Å²) in [7, 11) is 0. The highest BCUT2D eigenvalue weighted by Gasteiger charge is 2.14. The van der Waals surface area contributed by atoms with Crippen molar-refractivity contribution in [2.75, 3.05) is 10.2 Å². The molecule has 47 heavy (non-hydrogen) atoms. The Morgan fingerprint density at radius 3 is 1.83 bits per heavy atom. The minimum atomic E-state index is 0.972. The van der Waals surface area contributed by atoms with Crippen LogP contribution in [-0.4, -0.2) is 0 Å². The van der Waals surface area contributed by atoms with Gasteiger partial charge in [-0.25, -0.2) is 0 Å². The summed E-state index contributed by atoms with van der Waals surface area (Å²) in [6, 6.07) is 59.7. The van der Waals surface area contributed by atoms with Crippen molar-refractivity contribution in [2.45, 2.75) is 6.92 Å². The van der Waals surface area contributed by atoms with Crippen LogP contribution >= 0.6 is 0 Å². The van der Waals surface area contributed by atoms with E-state index >= 15 is 0 Å². The van der Waals surface area contributed by atoms with Gasteiger partial charge in [-0.15, -0.1) is 0 Å². The summed E-state index contributed by atoms with van der Waals surface area (Å²) in [5.41, 5.74) is 12.3. The van der Waals surface area contributed by atoms with E-state index in [1.165, 1.54) is 27.6 Å². The second-order valence-corrected chi connectivity index (χ2v) is 11.7. The zero-order chi connectivity index (χ0) is 32.0. The third kappa shape index (κ3) is 6.49. The summed E-state index contributed by atoms with van der Waals surface area (Å²) in [6.45, 7) is 6.59. The topological polar surface area (TPSA) is 15.3 Å². The van der Waals surface area contributed by atoms with Gasteiger partial charge < -0.3 is 10.2 Å². The summed E-state index contributed by atoms with van der Waals surface area (Å²) < 4.78 is 0. The standard InChI is InChI=1S/C45H36N2/c1-33-13-9-10-14-35(33)24-23-34(2)43-21-11-17-38-18-12-22-44(45(38)43)46-39-27-31-42(32-28-39)47(40-19-7-4-8-20-40)41-29-25-37(26-30-41)36-15-5-3-6-16-36/h3-32,46H,2H2,1H3/b24-23-. The molecule has 0 radical (unpaired) electrons. The van der Waals surface area contributed by atoms with Gasteiger partial charge in [-0.05, 0) is 100 Å². The Bertz CT molecular complexity index is 2160. The Labute approximate surface area is 277 Å². The maximum absolute atomic E-state index is 4.46. The SMILES string of the molecule is C=C(/C=C\c1ccccc1C)c1cccc2cccc(Nc3ccc(N(c4ccccc4)c4ccc(-c5ccccc5)cc4)cc3)c12. The van der Waals surface area contributed by atoms with Crippen molar-refractivity contribution in [3.05, 3.63) is 199 Å². The van der Waals surface area contributed by atoms with E-state index in [9.17, 15) is 0 Å². The fourth-order valence-corrected chi connectivity index (χ4v) is 6.07. The zero-order valence-corrected chi connectivity index (χ0v) is 26.5. The minimum Gasteiger partial charge on any atom is -0.355 e. The van der Waals surface area contributed by atoms with Gasteiger partial charge in [0.25, 0.3) is 0 Å². The maximum atomic E-state index is 4.46. The second-order valence-electron chi connectivity index (χ2n) is 11.7. The molecule has 2 nitrogen and oxygen atoms in total. The molecule has 0 saturated heterocycles. The molecule has 0 spiro atoms. The fourth-order valence-electron chi connectivity index (χ4n) is 6.07. The Morgan fingerprint density at radius 2 is 1.13 bits per heavy atom. The van der Waals surface area contributed by atoms with E-state index in [1.807, 2.05) is 0 Å². The normalized spacial score (nSPS) is 11.1. The van der Waals surface area contributed by atoms with Gasteiger partial charge in [0.05, 0.1) is 0 Å². The van der Waals surface area contributed by atoms with Crippen LogP contribution in [0.4, 0.5) is 28.4 Å². The predicted molar refractivity (Wildman–Crippen MR) is 203 cm³/mol. The first-order valence-corrected chi connectivity index (χ1v) is 16.0. The molecule has 0 aliphatic heterocycles. The van der Waals surface area contributed by atoms with Crippen molar-refractivity contribution in [3.63, 3.8) is 0 Å². The van der Waals surface area contributed by atoms with Gasteiger partial charge in [0, 0.05) is 33.8 Å². The van der Waals surface area contributed by atoms with Crippen molar-refractivity contribution in [1.29, 1.82) is 0 Å². The molecular weight excluding hydrogens is 569 g/mol. The zero-order valence-electron chi connectivity index (χ0n) is 26.5. The lowest BCUT2D eigenvalue weighted by Crippen LogP contribution is -2.09. The van der Waals surface area contributed by atoms with Crippen molar-refractivity contribution in [2.24, 2.45) is 0 Å². The smallest absolute Gasteiger partial charge is 0.0470 e. The third-order valence-corrected chi connectivity index (χ3v) is 8.55. The summed E-state index contributed by atoms with van der Waals surface area (Å²) in [6.07, 6.45) is 4.27. The molecule has 0 amide bonds. The molecule has 0 fully saturated rings. The van der Waals surface area contributed by atoms with Crippen molar-refractivity contribution >= 4 is 50.9 Å². The lowest BCUT2D eigenvalue weighted by molar-refractivity contribution is 1.28. The van der Waals surface area contributed by atoms with Gasteiger partial charge in [-0.2, -0.15) is 0 Å². The molecule has 0 aromatic heterocycles. The Morgan fingerprint density at radius 1 is 0.553 bits per heavy atom. The number of para-hydroxylation sites is 1. The molecule has 0 aliphatic carbocycles. The first-order chi connectivity index (χ1) is 23.1.